The van der Waals surface area contributed by atoms with Crippen LogP contribution in [0.4, 0.5) is 5.69 Å². The summed E-state index contributed by atoms with van der Waals surface area (Å²) in [6.07, 6.45) is 0. The van der Waals surface area contributed by atoms with Gasteiger partial charge in [-0.05, 0) is 80.4 Å². The molecule has 0 atom stereocenters. The second-order valence-corrected chi connectivity index (χ2v) is 8.78. The van der Waals surface area contributed by atoms with Gasteiger partial charge in [0.05, 0.1) is 11.4 Å². The van der Waals surface area contributed by atoms with Crippen molar-refractivity contribution in [3.05, 3.63) is 82.8 Å². The number of carbonyl (C=O) groups is 1. The van der Waals surface area contributed by atoms with E-state index in [0.29, 0.717) is 23.6 Å². The third-order valence-electron chi connectivity index (χ3n) is 4.71. The monoisotopic (exact) mass is 412 g/mol. The van der Waals surface area contributed by atoms with Gasteiger partial charge < -0.3 is 9.32 Å². The maximum absolute atomic E-state index is 12.6. The van der Waals surface area contributed by atoms with Gasteiger partial charge in [-0.15, -0.1) is 0 Å². The summed E-state index contributed by atoms with van der Waals surface area (Å²) in [6.45, 7) is 6.07. The first-order chi connectivity index (χ1) is 13.7. The lowest BCUT2D eigenvalue weighted by Gasteiger charge is -2.16. The first-order valence-corrected chi connectivity index (χ1v) is 10.6. The fraction of sp³-hybridized carbons (Fsp3) is 0.227. The molecule has 0 aliphatic heterocycles. The molecule has 1 aromatic heterocycles. The zero-order valence-corrected chi connectivity index (χ0v) is 17.7. The summed E-state index contributed by atoms with van der Waals surface area (Å²) in [6, 6.07) is 14.9. The Morgan fingerprint density at radius 3 is 2.24 bits per heavy atom. The third-order valence-corrected chi connectivity index (χ3v) is 6.10. The van der Waals surface area contributed by atoms with Gasteiger partial charge in [0.15, 0.2) is 0 Å². The molecule has 0 fully saturated rings. The molecular weight excluding hydrogens is 388 g/mol. The summed E-state index contributed by atoms with van der Waals surface area (Å²) >= 11 is 0. The van der Waals surface area contributed by atoms with Crippen LogP contribution in [0.1, 0.15) is 33.0 Å². The Morgan fingerprint density at radius 2 is 1.66 bits per heavy atom. The van der Waals surface area contributed by atoms with Gasteiger partial charge in [-0.1, -0.05) is 6.07 Å². The standard InChI is InChI=1S/C22H24N2O4S/c1-15-5-9-19(13-16(15)2)23-29(26,27)21-11-7-18(8-12-21)22(25)24(4)14-20-10-6-17(3)28-20/h5-13,23H,14H2,1-4H3. The van der Waals surface area contributed by atoms with E-state index in [2.05, 4.69) is 4.72 Å². The van der Waals surface area contributed by atoms with Crippen LogP contribution >= 0.6 is 0 Å². The first-order valence-electron chi connectivity index (χ1n) is 9.16. The predicted octanol–water partition coefficient (Wildman–Crippen LogP) is 4.28. The van der Waals surface area contributed by atoms with Crippen molar-refractivity contribution in [2.45, 2.75) is 32.2 Å². The molecule has 3 aromatic rings. The van der Waals surface area contributed by atoms with E-state index >= 15 is 0 Å². The average molecular weight is 413 g/mol. The number of hydrogen-bond donors (Lipinski definition) is 1. The fourth-order valence-electron chi connectivity index (χ4n) is 2.89. The Hall–Kier alpha value is -3.06. The number of rotatable bonds is 6. The summed E-state index contributed by atoms with van der Waals surface area (Å²) in [5, 5.41) is 0. The fourth-order valence-corrected chi connectivity index (χ4v) is 3.94. The van der Waals surface area contributed by atoms with Gasteiger partial charge in [0, 0.05) is 18.3 Å². The van der Waals surface area contributed by atoms with Crippen LogP contribution in [0, 0.1) is 20.8 Å². The number of anilines is 1. The number of amides is 1. The lowest BCUT2D eigenvalue weighted by molar-refractivity contribution is 0.0775. The van der Waals surface area contributed by atoms with E-state index in [4.69, 9.17) is 4.42 Å². The normalized spacial score (nSPS) is 11.3. The molecule has 3 rings (SSSR count). The quantitative estimate of drug-likeness (QED) is 0.655. The molecule has 7 heteroatoms. The maximum Gasteiger partial charge on any atom is 0.261 e. The highest BCUT2D eigenvalue weighted by Gasteiger charge is 2.18. The molecule has 0 unspecified atom stereocenters. The average Bonchev–Trinajstić information content (AvgIpc) is 3.08. The molecule has 0 bridgehead atoms. The Labute approximate surface area is 171 Å². The highest BCUT2D eigenvalue weighted by Crippen LogP contribution is 2.20. The molecular formula is C22H24N2O4S. The van der Waals surface area contributed by atoms with Crippen LogP contribution in [0.2, 0.25) is 0 Å². The van der Waals surface area contributed by atoms with Crippen LogP contribution in [0.25, 0.3) is 0 Å². The van der Waals surface area contributed by atoms with E-state index < -0.39 is 10.0 Å². The van der Waals surface area contributed by atoms with E-state index in [1.807, 2.05) is 39.0 Å². The second-order valence-electron chi connectivity index (χ2n) is 7.10. The number of carbonyl (C=O) groups excluding carboxylic acids is 1. The number of aryl methyl sites for hydroxylation is 3. The number of furan rings is 1. The molecule has 0 aliphatic carbocycles. The van der Waals surface area contributed by atoms with E-state index in [1.165, 1.54) is 29.2 Å². The van der Waals surface area contributed by atoms with Gasteiger partial charge in [-0.2, -0.15) is 0 Å². The topological polar surface area (TPSA) is 79.6 Å². The molecule has 1 heterocycles. The van der Waals surface area contributed by atoms with Crippen molar-refractivity contribution in [1.29, 1.82) is 0 Å². The van der Waals surface area contributed by atoms with Crippen molar-refractivity contribution >= 4 is 21.6 Å². The summed E-state index contributed by atoms with van der Waals surface area (Å²) < 4.78 is 33.3. The van der Waals surface area contributed by atoms with Crippen LogP contribution in [-0.4, -0.2) is 26.3 Å². The van der Waals surface area contributed by atoms with Gasteiger partial charge in [0.25, 0.3) is 15.9 Å². The van der Waals surface area contributed by atoms with E-state index in [9.17, 15) is 13.2 Å². The highest BCUT2D eigenvalue weighted by atomic mass is 32.2. The number of hydrogen-bond acceptors (Lipinski definition) is 4. The molecule has 0 radical (unpaired) electrons. The van der Waals surface area contributed by atoms with Crippen LogP contribution < -0.4 is 4.72 Å². The lowest BCUT2D eigenvalue weighted by atomic mass is 10.1. The van der Waals surface area contributed by atoms with Gasteiger partial charge in [0.2, 0.25) is 0 Å². The lowest BCUT2D eigenvalue weighted by Crippen LogP contribution is -2.26. The number of benzene rings is 2. The molecule has 6 nitrogen and oxygen atoms in total. The summed E-state index contributed by atoms with van der Waals surface area (Å²) in [7, 11) is -2.07. The number of nitrogens with zero attached hydrogens (tertiary/aromatic N) is 1. The summed E-state index contributed by atoms with van der Waals surface area (Å²) in [5.41, 5.74) is 2.99. The molecule has 0 saturated carbocycles. The van der Waals surface area contributed by atoms with Crippen LogP contribution in [0.15, 0.2) is 63.9 Å². The van der Waals surface area contributed by atoms with Crippen molar-refractivity contribution in [3.8, 4) is 0 Å². The van der Waals surface area contributed by atoms with Crippen molar-refractivity contribution in [3.63, 3.8) is 0 Å². The Kier molecular flexibility index (Phi) is 5.79. The van der Waals surface area contributed by atoms with Crippen molar-refractivity contribution < 1.29 is 17.6 Å². The van der Waals surface area contributed by atoms with Crippen molar-refractivity contribution in [1.82, 2.24) is 4.90 Å². The molecule has 1 N–H and O–H groups in total. The van der Waals surface area contributed by atoms with Gasteiger partial charge in [0.1, 0.15) is 11.5 Å². The van der Waals surface area contributed by atoms with Gasteiger partial charge in [-0.3, -0.25) is 9.52 Å². The molecule has 1 amide bonds. The SMILES string of the molecule is Cc1ccc(CN(C)C(=O)c2ccc(S(=O)(=O)Nc3ccc(C)c(C)c3)cc2)o1. The maximum atomic E-state index is 12.6. The highest BCUT2D eigenvalue weighted by molar-refractivity contribution is 7.92. The Morgan fingerprint density at radius 1 is 0.966 bits per heavy atom. The van der Waals surface area contributed by atoms with Gasteiger partial charge in [-0.25, -0.2) is 8.42 Å². The molecule has 2 aromatic carbocycles. The number of nitrogens with one attached hydrogen (secondary N) is 1. The van der Waals surface area contributed by atoms with E-state index in [0.717, 1.165) is 16.9 Å². The first kappa shape index (κ1) is 20.7. The smallest absolute Gasteiger partial charge is 0.261 e. The zero-order valence-electron chi connectivity index (χ0n) is 16.9. The van der Waals surface area contributed by atoms with Crippen LogP contribution in [0.3, 0.4) is 0 Å². The minimum absolute atomic E-state index is 0.0941. The number of sulfonamides is 1. The minimum Gasteiger partial charge on any atom is -0.464 e. The zero-order chi connectivity index (χ0) is 21.2. The summed E-state index contributed by atoms with van der Waals surface area (Å²) in [5.74, 6) is 1.26. The van der Waals surface area contributed by atoms with Crippen molar-refractivity contribution in [2.75, 3.05) is 11.8 Å². The largest absolute Gasteiger partial charge is 0.464 e. The Balaban J connectivity index is 1.72. The molecule has 0 aliphatic rings. The van der Waals surface area contributed by atoms with E-state index in [1.54, 1.807) is 19.2 Å². The minimum atomic E-state index is -3.74. The second kappa shape index (κ2) is 8.13. The van der Waals surface area contributed by atoms with Gasteiger partial charge >= 0.3 is 0 Å². The predicted molar refractivity (Wildman–Crippen MR) is 112 cm³/mol. The molecule has 0 spiro atoms. The molecule has 29 heavy (non-hydrogen) atoms. The van der Waals surface area contributed by atoms with Crippen LogP contribution in [0.5, 0.6) is 0 Å². The molecule has 0 saturated heterocycles. The summed E-state index contributed by atoms with van der Waals surface area (Å²) in [4.78, 5) is 14.2. The van der Waals surface area contributed by atoms with E-state index in [-0.39, 0.29) is 10.8 Å². The third kappa shape index (κ3) is 4.86. The Bertz CT molecular complexity index is 1130. The van der Waals surface area contributed by atoms with Crippen molar-refractivity contribution in [2.24, 2.45) is 0 Å². The molecule has 152 valence electrons. The van der Waals surface area contributed by atoms with Crippen LogP contribution in [-0.2, 0) is 16.6 Å².